The first-order chi connectivity index (χ1) is 7.66. The highest BCUT2D eigenvalue weighted by Crippen LogP contribution is 2.38. The lowest BCUT2D eigenvalue weighted by atomic mass is 10.4. The molecule has 0 aromatic heterocycles. The van der Waals surface area contributed by atoms with Crippen molar-refractivity contribution in [1.82, 2.24) is 20.0 Å². The predicted molar refractivity (Wildman–Crippen MR) is 83.6 cm³/mol. The second-order valence-electron chi connectivity index (χ2n) is 4.72. The van der Waals surface area contributed by atoms with Crippen LogP contribution in [0.2, 0.25) is 0 Å². The molecule has 0 spiro atoms. The van der Waals surface area contributed by atoms with E-state index in [1.54, 1.807) is 0 Å². The second-order valence-corrected chi connectivity index (χ2v) is 7.15. The Kier molecular flexibility index (Phi) is 7.16. The predicted octanol–water partition coefficient (Wildman–Crippen LogP) is 1.32. The van der Waals surface area contributed by atoms with Crippen molar-refractivity contribution in [3.63, 3.8) is 0 Å². The third-order valence-corrected chi connectivity index (χ3v) is 5.97. The van der Waals surface area contributed by atoms with Crippen LogP contribution >= 0.6 is 38.6 Å². The standard InChI is InChI=1S/C10H22N4S2.BrH/c1-12(2)9-11-10(16-15-9)14-6-4-5-13(3)7-8-14;/h9-11H,4-8H2,1-3H3;1H. The lowest BCUT2D eigenvalue weighted by Crippen LogP contribution is -2.47. The lowest BCUT2D eigenvalue weighted by molar-refractivity contribution is 0.207. The van der Waals surface area contributed by atoms with Crippen LogP contribution in [0.5, 0.6) is 0 Å². The largest absolute Gasteiger partial charge is 0.305 e. The van der Waals surface area contributed by atoms with Crippen LogP contribution in [-0.2, 0) is 0 Å². The molecule has 1 N–H and O–H groups in total. The summed E-state index contributed by atoms with van der Waals surface area (Å²) in [5, 5.41) is 3.66. The monoisotopic (exact) mass is 342 g/mol. The van der Waals surface area contributed by atoms with Crippen molar-refractivity contribution >= 4 is 38.6 Å². The van der Waals surface area contributed by atoms with E-state index in [1.165, 1.54) is 32.6 Å². The average Bonchev–Trinajstić information content (AvgIpc) is 2.63. The van der Waals surface area contributed by atoms with E-state index in [2.05, 4.69) is 41.2 Å². The number of nitrogens with zero attached hydrogens (tertiary/aromatic N) is 3. The molecule has 0 aromatic rings. The Morgan fingerprint density at radius 3 is 2.53 bits per heavy atom. The summed E-state index contributed by atoms with van der Waals surface area (Å²) in [6.45, 7) is 4.83. The molecular formula is C10H23BrN4S2. The molecule has 7 heteroatoms. The molecule has 2 unspecified atom stereocenters. The Morgan fingerprint density at radius 2 is 1.88 bits per heavy atom. The smallest absolute Gasteiger partial charge is 0.120 e. The molecule has 0 saturated carbocycles. The first-order valence-corrected chi connectivity index (χ1v) is 8.11. The van der Waals surface area contributed by atoms with Crippen molar-refractivity contribution < 1.29 is 0 Å². The van der Waals surface area contributed by atoms with Crippen LogP contribution in [0.15, 0.2) is 0 Å². The first kappa shape index (κ1) is 16.1. The molecule has 17 heavy (non-hydrogen) atoms. The summed E-state index contributed by atoms with van der Waals surface area (Å²) < 4.78 is 0. The molecule has 2 atom stereocenters. The summed E-state index contributed by atoms with van der Waals surface area (Å²) in [5.74, 6) is 0. The van der Waals surface area contributed by atoms with E-state index in [1.807, 2.05) is 21.6 Å². The van der Waals surface area contributed by atoms with Crippen molar-refractivity contribution in [2.45, 2.75) is 17.4 Å². The SMILES string of the molecule is Br.CN1CCCN(C2NC(N(C)C)SS2)CC1. The fourth-order valence-corrected chi connectivity index (χ4v) is 5.00. The number of hydrogen-bond acceptors (Lipinski definition) is 6. The molecule has 102 valence electrons. The summed E-state index contributed by atoms with van der Waals surface area (Å²) in [7, 11) is 10.4. The Balaban J connectivity index is 0.00000144. The Hall–Kier alpha value is 1.02. The number of rotatable bonds is 2. The van der Waals surface area contributed by atoms with Gasteiger partial charge in [0.1, 0.15) is 11.0 Å². The van der Waals surface area contributed by atoms with Crippen LogP contribution in [0.25, 0.3) is 0 Å². The summed E-state index contributed by atoms with van der Waals surface area (Å²) in [4.78, 5) is 7.24. The van der Waals surface area contributed by atoms with Gasteiger partial charge in [0.05, 0.1) is 0 Å². The van der Waals surface area contributed by atoms with Gasteiger partial charge in [-0.25, -0.2) is 0 Å². The summed E-state index contributed by atoms with van der Waals surface area (Å²) in [6, 6.07) is 0. The van der Waals surface area contributed by atoms with E-state index >= 15 is 0 Å². The van der Waals surface area contributed by atoms with Gasteiger partial charge in [0.15, 0.2) is 0 Å². The van der Waals surface area contributed by atoms with E-state index in [-0.39, 0.29) is 17.0 Å². The van der Waals surface area contributed by atoms with Gasteiger partial charge < -0.3 is 4.90 Å². The van der Waals surface area contributed by atoms with Gasteiger partial charge in [-0.2, -0.15) is 0 Å². The Labute approximate surface area is 123 Å². The molecule has 2 saturated heterocycles. The third-order valence-electron chi connectivity index (χ3n) is 3.08. The molecular weight excluding hydrogens is 320 g/mol. The quantitative estimate of drug-likeness (QED) is 0.758. The minimum atomic E-state index is 0. The fourth-order valence-electron chi connectivity index (χ4n) is 1.99. The lowest BCUT2D eigenvalue weighted by Gasteiger charge is -2.27. The van der Waals surface area contributed by atoms with Gasteiger partial charge in [0.2, 0.25) is 0 Å². The van der Waals surface area contributed by atoms with Crippen molar-refractivity contribution in [3.8, 4) is 0 Å². The Bertz CT molecular complexity index is 232. The molecule has 0 amide bonds. The van der Waals surface area contributed by atoms with E-state index in [4.69, 9.17) is 0 Å². The summed E-state index contributed by atoms with van der Waals surface area (Å²) in [6.07, 6.45) is 1.28. The highest BCUT2D eigenvalue weighted by atomic mass is 79.9. The zero-order valence-electron chi connectivity index (χ0n) is 10.8. The molecule has 2 heterocycles. The van der Waals surface area contributed by atoms with E-state index in [0.717, 1.165) is 0 Å². The van der Waals surface area contributed by atoms with Gasteiger partial charge in [-0.15, -0.1) is 17.0 Å². The van der Waals surface area contributed by atoms with Crippen LogP contribution in [0, 0.1) is 0 Å². The van der Waals surface area contributed by atoms with Crippen LogP contribution < -0.4 is 5.32 Å². The van der Waals surface area contributed by atoms with Crippen molar-refractivity contribution in [2.24, 2.45) is 0 Å². The van der Waals surface area contributed by atoms with Gasteiger partial charge >= 0.3 is 0 Å². The zero-order valence-corrected chi connectivity index (χ0v) is 14.1. The highest BCUT2D eigenvalue weighted by Gasteiger charge is 2.31. The minimum Gasteiger partial charge on any atom is -0.305 e. The zero-order chi connectivity index (χ0) is 11.5. The van der Waals surface area contributed by atoms with Gasteiger partial charge in [-0.05, 0) is 34.1 Å². The topological polar surface area (TPSA) is 21.8 Å². The summed E-state index contributed by atoms with van der Waals surface area (Å²) >= 11 is 0. The third kappa shape index (κ3) is 4.56. The highest BCUT2D eigenvalue weighted by molar-refractivity contribution is 8.93. The van der Waals surface area contributed by atoms with E-state index in [9.17, 15) is 0 Å². The molecule has 2 rings (SSSR count). The van der Waals surface area contributed by atoms with Crippen molar-refractivity contribution in [1.29, 1.82) is 0 Å². The van der Waals surface area contributed by atoms with Crippen LogP contribution in [-0.4, -0.2) is 73.0 Å². The van der Waals surface area contributed by atoms with Crippen LogP contribution in [0.4, 0.5) is 0 Å². The maximum absolute atomic E-state index is 3.66. The fraction of sp³-hybridized carbons (Fsp3) is 1.00. The van der Waals surface area contributed by atoms with Crippen LogP contribution in [0.3, 0.4) is 0 Å². The van der Waals surface area contributed by atoms with Gasteiger partial charge in [0.25, 0.3) is 0 Å². The number of nitrogens with one attached hydrogen (secondary N) is 1. The summed E-state index contributed by atoms with van der Waals surface area (Å²) in [5.41, 5.74) is 0.944. The number of likely N-dealkylation sites (N-methyl/N-ethyl adjacent to an activating group) is 1. The van der Waals surface area contributed by atoms with E-state index in [0.29, 0.717) is 11.0 Å². The van der Waals surface area contributed by atoms with E-state index < -0.39 is 0 Å². The molecule has 0 aliphatic carbocycles. The number of halogens is 1. The van der Waals surface area contributed by atoms with Gasteiger partial charge in [-0.1, -0.05) is 21.6 Å². The average molecular weight is 343 g/mol. The van der Waals surface area contributed by atoms with Gasteiger partial charge in [-0.3, -0.25) is 15.1 Å². The Morgan fingerprint density at radius 1 is 1.12 bits per heavy atom. The second kappa shape index (κ2) is 7.57. The number of hydrogen-bond donors (Lipinski definition) is 1. The maximum atomic E-state index is 3.66. The molecule has 4 nitrogen and oxygen atoms in total. The molecule has 0 bridgehead atoms. The molecule has 0 aromatic carbocycles. The molecule has 2 aliphatic rings. The molecule has 2 aliphatic heterocycles. The first-order valence-electron chi connectivity index (χ1n) is 5.84. The van der Waals surface area contributed by atoms with Crippen molar-refractivity contribution in [3.05, 3.63) is 0 Å². The van der Waals surface area contributed by atoms with Gasteiger partial charge in [0, 0.05) is 19.6 Å². The van der Waals surface area contributed by atoms with Crippen LogP contribution in [0.1, 0.15) is 6.42 Å². The maximum Gasteiger partial charge on any atom is 0.120 e. The molecule has 0 radical (unpaired) electrons. The molecule has 2 fully saturated rings. The normalized spacial score (nSPS) is 32.5. The minimum absolute atomic E-state index is 0. The van der Waals surface area contributed by atoms with Crippen molar-refractivity contribution in [2.75, 3.05) is 47.3 Å².